The minimum absolute atomic E-state index is 0.128. The third-order valence-electron chi connectivity index (χ3n) is 4.77. The summed E-state index contributed by atoms with van der Waals surface area (Å²) < 4.78 is 0. The molecule has 2 aliphatic rings. The highest BCUT2D eigenvalue weighted by Gasteiger charge is 2.35. The number of anilines is 3. The quantitative estimate of drug-likeness (QED) is 0.669. The van der Waals surface area contributed by atoms with Crippen LogP contribution < -0.4 is 10.6 Å². The summed E-state index contributed by atoms with van der Waals surface area (Å²) in [4.78, 5) is 26.7. The van der Waals surface area contributed by atoms with E-state index in [0.717, 1.165) is 27.8 Å². The van der Waals surface area contributed by atoms with Gasteiger partial charge >= 0.3 is 0 Å². The number of rotatable bonds is 4. The predicted octanol–water partition coefficient (Wildman–Crippen LogP) is 4.63. The molecule has 0 saturated carbocycles. The number of aromatic nitrogens is 2. The number of amides is 1. The van der Waals surface area contributed by atoms with E-state index in [1.165, 1.54) is 0 Å². The molecular formula is C22H17N5OS. The second-order valence-corrected chi connectivity index (χ2v) is 7.80. The van der Waals surface area contributed by atoms with E-state index < -0.39 is 0 Å². The van der Waals surface area contributed by atoms with Crippen molar-refractivity contribution < 1.29 is 4.79 Å². The molecule has 2 unspecified atom stereocenters. The van der Waals surface area contributed by atoms with Gasteiger partial charge in [0.15, 0.2) is 0 Å². The van der Waals surface area contributed by atoms with Gasteiger partial charge in [-0.1, -0.05) is 36.0 Å². The first-order valence-corrected chi connectivity index (χ1v) is 10.1. The molecule has 6 nitrogen and oxygen atoms in total. The van der Waals surface area contributed by atoms with Gasteiger partial charge in [-0.25, -0.2) is 9.97 Å². The fourth-order valence-corrected chi connectivity index (χ4v) is 4.60. The van der Waals surface area contributed by atoms with Crippen LogP contribution in [-0.2, 0) is 0 Å². The summed E-state index contributed by atoms with van der Waals surface area (Å²) in [5.41, 5.74) is 3.26. The van der Waals surface area contributed by atoms with Gasteiger partial charge in [-0.2, -0.15) is 0 Å². The third-order valence-corrected chi connectivity index (χ3v) is 6.07. The molecule has 0 aliphatic carbocycles. The van der Waals surface area contributed by atoms with Crippen LogP contribution in [0.25, 0.3) is 0 Å². The Morgan fingerprint density at radius 1 is 0.966 bits per heavy atom. The van der Waals surface area contributed by atoms with Crippen LogP contribution in [0, 0.1) is 0 Å². The van der Waals surface area contributed by atoms with Crippen molar-refractivity contribution in [2.24, 2.45) is 4.99 Å². The van der Waals surface area contributed by atoms with E-state index in [1.807, 2.05) is 54.8 Å². The van der Waals surface area contributed by atoms with Crippen LogP contribution in [0.15, 0.2) is 83.0 Å². The van der Waals surface area contributed by atoms with E-state index in [4.69, 9.17) is 0 Å². The summed E-state index contributed by atoms with van der Waals surface area (Å²) in [6, 6.07) is 16.7. The molecule has 2 atom stereocenters. The first-order chi connectivity index (χ1) is 14.3. The van der Waals surface area contributed by atoms with Crippen molar-refractivity contribution in [1.29, 1.82) is 0 Å². The Morgan fingerprint density at radius 3 is 2.59 bits per heavy atom. The minimum atomic E-state index is -0.132. The molecule has 0 spiro atoms. The molecule has 0 saturated heterocycles. The Morgan fingerprint density at radius 2 is 1.76 bits per heavy atom. The zero-order chi connectivity index (χ0) is 19.6. The molecule has 29 heavy (non-hydrogen) atoms. The van der Waals surface area contributed by atoms with Gasteiger partial charge in [0.2, 0.25) is 0 Å². The van der Waals surface area contributed by atoms with Crippen LogP contribution in [0.4, 0.5) is 17.2 Å². The number of hydrogen-bond donors (Lipinski definition) is 2. The van der Waals surface area contributed by atoms with E-state index in [1.54, 1.807) is 30.2 Å². The second kappa shape index (κ2) is 7.52. The molecule has 0 fully saturated rings. The molecule has 3 aromatic rings. The summed E-state index contributed by atoms with van der Waals surface area (Å²) in [6.45, 7) is 0. The lowest BCUT2D eigenvalue weighted by Crippen LogP contribution is -2.11. The van der Waals surface area contributed by atoms with Gasteiger partial charge in [0.05, 0.1) is 16.5 Å². The zero-order valence-corrected chi connectivity index (χ0v) is 16.1. The summed E-state index contributed by atoms with van der Waals surface area (Å²) in [5, 5.41) is 6.40. The topological polar surface area (TPSA) is 79.3 Å². The maximum atomic E-state index is 12.3. The van der Waals surface area contributed by atoms with Gasteiger partial charge in [-0.05, 0) is 42.5 Å². The number of hydrogen-bond acceptors (Lipinski definition) is 6. The molecule has 2 N–H and O–H groups in total. The van der Waals surface area contributed by atoms with Crippen LogP contribution in [-0.4, -0.2) is 27.5 Å². The Labute approximate surface area is 172 Å². The third kappa shape index (κ3) is 3.52. The van der Waals surface area contributed by atoms with Crippen molar-refractivity contribution in [2.45, 2.75) is 16.2 Å². The number of nitrogens with zero attached hydrogens (tertiary/aromatic N) is 3. The van der Waals surface area contributed by atoms with Gasteiger partial charge in [-0.3, -0.25) is 9.79 Å². The average Bonchev–Trinajstić information content (AvgIpc) is 3.16. The standard InChI is InChI=1S/C22H17N5OS/c28-21(14-5-2-1-3-6-14)27-16-10-8-15(9-11-16)26-20-19-18(24-13-25-20)17-7-4-12-23-22(17)29-19/h1-13,17,22H,(H,27,28)(H,24,25,26). The molecule has 7 heteroatoms. The highest BCUT2D eigenvalue weighted by Crippen LogP contribution is 2.49. The number of carbonyl (C=O) groups is 1. The normalized spacial score (nSPS) is 18.8. The molecule has 2 aromatic carbocycles. The lowest BCUT2D eigenvalue weighted by Gasteiger charge is -2.12. The van der Waals surface area contributed by atoms with E-state index in [-0.39, 0.29) is 17.2 Å². The number of benzene rings is 2. The molecule has 5 rings (SSSR count). The smallest absolute Gasteiger partial charge is 0.255 e. The van der Waals surface area contributed by atoms with Crippen molar-refractivity contribution in [3.8, 4) is 0 Å². The second-order valence-electron chi connectivity index (χ2n) is 6.68. The number of nitrogens with one attached hydrogen (secondary N) is 2. The average molecular weight is 399 g/mol. The monoisotopic (exact) mass is 399 g/mol. The fraction of sp³-hybridized carbons (Fsp3) is 0.0909. The summed E-state index contributed by atoms with van der Waals surface area (Å²) in [5.74, 6) is 0.839. The van der Waals surface area contributed by atoms with Crippen molar-refractivity contribution in [1.82, 2.24) is 9.97 Å². The van der Waals surface area contributed by atoms with Crippen molar-refractivity contribution >= 4 is 41.1 Å². The van der Waals surface area contributed by atoms with Gasteiger partial charge < -0.3 is 10.6 Å². The first-order valence-electron chi connectivity index (χ1n) is 9.23. The first kappa shape index (κ1) is 17.6. The molecule has 3 heterocycles. The van der Waals surface area contributed by atoms with Crippen LogP contribution >= 0.6 is 11.8 Å². The Hall–Kier alpha value is -3.45. The molecule has 0 radical (unpaired) electrons. The highest BCUT2D eigenvalue weighted by molar-refractivity contribution is 8.00. The SMILES string of the molecule is O=C(Nc1ccc(Nc2ncnc3c2SC2N=CC=CC32)cc1)c1ccccc1. The number of fused-ring (bicyclic) bond motifs is 3. The number of aliphatic imine (C=N–C) groups is 1. The number of carbonyl (C=O) groups excluding carboxylic acids is 1. The van der Waals surface area contributed by atoms with E-state index >= 15 is 0 Å². The Kier molecular flexibility index (Phi) is 4.57. The van der Waals surface area contributed by atoms with Crippen molar-refractivity contribution in [3.63, 3.8) is 0 Å². The molecule has 1 aromatic heterocycles. The van der Waals surface area contributed by atoms with Gasteiger partial charge in [0.25, 0.3) is 5.91 Å². The van der Waals surface area contributed by atoms with Crippen LogP contribution in [0.1, 0.15) is 22.0 Å². The van der Waals surface area contributed by atoms with E-state index in [0.29, 0.717) is 5.56 Å². The largest absolute Gasteiger partial charge is 0.339 e. The zero-order valence-electron chi connectivity index (χ0n) is 15.3. The molecule has 1 amide bonds. The van der Waals surface area contributed by atoms with Crippen LogP contribution in [0.2, 0.25) is 0 Å². The van der Waals surface area contributed by atoms with Gasteiger partial charge in [0.1, 0.15) is 17.5 Å². The van der Waals surface area contributed by atoms with Crippen LogP contribution in [0.3, 0.4) is 0 Å². The number of thioether (sulfide) groups is 1. The summed E-state index contributed by atoms with van der Waals surface area (Å²) in [7, 11) is 0. The van der Waals surface area contributed by atoms with Gasteiger partial charge in [0, 0.05) is 23.2 Å². The number of allylic oxidation sites excluding steroid dienone is 1. The lowest BCUT2D eigenvalue weighted by molar-refractivity contribution is 0.102. The number of dihydropyridines is 1. The maximum absolute atomic E-state index is 12.3. The minimum Gasteiger partial charge on any atom is -0.339 e. The van der Waals surface area contributed by atoms with Crippen molar-refractivity contribution in [3.05, 3.63) is 84.3 Å². The summed E-state index contributed by atoms with van der Waals surface area (Å²) in [6.07, 6.45) is 7.53. The summed E-state index contributed by atoms with van der Waals surface area (Å²) >= 11 is 1.68. The van der Waals surface area contributed by atoms with Crippen molar-refractivity contribution in [2.75, 3.05) is 10.6 Å². The van der Waals surface area contributed by atoms with E-state index in [9.17, 15) is 4.79 Å². The Balaban J connectivity index is 1.31. The fourth-order valence-electron chi connectivity index (χ4n) is 3.34. The molecular weight excluding hydrogens is 382 g/mol. The molecule has 0 bridgehead atoms. The Bertz CT molecular complexity index is 1110. The highest BCUT2D eigenvalue weighted by atomic mass is 32.2. The molecule has 2 aliphatic heterocycles. The molecule has 142 valence electrons. The van der Waals surface area contributed by atoms with Crippen LogP contribution in [0.5, 0.6) is 0 Å². The van der Waals surface area contributed by atoms with E-state index in [2.05, 4.69) is 31.7 Å². The predicted molar refractivity (Wildman–Crippen MR) is 116 cm³/mol. The van der Waals surface area contributed by atoms with Gasteiger partial charge in [-0.15, -0.1) is 0 Å². The lowest BCUT2D eigenvalue weighted by atomic mass is 10.0. The maximum Gasteiger partial charge on any atom is 0.255 e.